The molecule has 0 unspecified atom stereocenters. The Morgan fingerprint density at radius 3 is 2.39 bits per heavy atom. The lowest BCUT2D eigenvalue weighted by atomic mass is 10.1. The number of benzene rings is 3. The summed E-state index contributed by atoms with van der Waals surface area (Å²) in [5.74, 6) is 2.47. The van der Waals surface area contributed by atoms with Gasteiger partial charge in [0.25, 0.3) is 0 Å². The van der Waals surface area contributed by atoms with Crippen molar-refractivity contribution in [3.63, 3.8) is 0 Å². The van der Waals surface area contributed by atoms with Gasteiger partial charge in [-0.3, -0.25) is 9.88 Å². The number of rotatable bonds is 9. The average Bonchev–Trinajstić information content (AvgIpc) is 3.05. The van der Waals surface area contributed by atoms with Crippen molar-refractivity contribution >= 4 is 39.9 Å². The molecule has 2 N–H and O–H groups in total. The molecule has 2 aliphatic rings. The summed E-state index contributed by atoms with van der Waals surface area (Å²) in [5.41, 5.74) is -0.108. The number of morpholine rings is 1. The maximum atomic E-state index is 13.2. The van der Waals surface area contributed by atoms with Crippen molar-refractivity contribution in [3.05, 3.63) is 71.4 Å². The number of carbonyl (C=O) groups is 1. The van der Waals surface area contributed by atoms with E-state index in [1.54, 1.807) is 36.5 Å². The minimum absolute atomic E-state index is 0.0604. The molecule has 1 saturated heterocycles. The van der Waals surface area contributed by atoms with Gasteiger partial charge in [0.15, 0.2) is 11.5 Å². The van der Waals surface area contributed by atoms with Gasteiger partial charge in [-0.1, -0.05) is 11.6 Å². The number of urea groups is 1. The lowest BCUT2D eigenvalue weighted by molar-refractivity contribution is -0.137. The number of nitrogens with one attached hydrogen (secondary N) is 2. The number of alkyl halides is 3. The van der Waals surface area contributed by atoms with Crippen LogP contribution in [0.1, 0.15) is 12.0 Å². The van der Waals surface area contributed by atoms with Crippen molar-refractivity contribution in [3.8, 4) is 28.7 Å². The Labute approximate surface area is 267 Å². The van der Waals surface area contributed by atoms with Gasteiger partial charge in [-0.15, -0.1) is 0 Å². The SMILES string of the molecule is O=C(Nc1ccc(Oc2ccnc3cc(OCCCN4CCOCC4)c4c(c23)OCCO4)cc1)Nc1ccc(Cl)c(C(F)(F)F)c1. The molecular formula is C32H30ClF3N4O6. The largest absolute Gasteiger partial charge is 0.489 e. The van der Waals surface area contributed by atoms with Crippen molar-refractivity contribution in [1.29, 1.82) is 0 Å². The second kappa shape index (κ2) is 13.9. The van der Waals surface area contributed by atoms with Gasteiger partial charge in [-0.05, 0) is 55.0 Å². The molecular weight excluding hydrogens is 629 g/mol. The molecule has 0 spiro atoms. The molecule has 46 heavy (non-hydrogen) atoms. The Balaban J connectivity index is 1.12. The van der Waals surface area contributed by atoms with E-state index in [0.29, 0.717) is 65.2 Å². The van der Waals surface area contributed by atoms with Gasteiger partial charge in [0.1, 0.15) is 24.7 Å². The van der Waals surface area contributed by atoms with E-state index in [9.17, 15) is 18.0 Å². The first-order valence-corrected chi connectivity index (χ1v) is 15.0. The molecule has 0 radical (unpaired) electrons. The Hall–Kier alpha value is -4.46. The number of anilines is 2. The minimum Gasteiger partial charge on any atom is -0.489 e. The fraction of sp³-hybridized carbons (Fsp3) is 0.312. The number of carbonyl (C=O) groups excluding carboxylic acids is 1. The summed E-state index contributed by atoms with van der Waals surface area (Å²) >= 11 is 5.65. The van der Waals surface area contributed by atoms with Gasteiger partial charge in [-0.25, -0.2) is 4.79 Å². The lowest BCUT2D eigenvalue weighted by Gasteiger charge is -2.26. The van der Waals surface area contributed by atoms with E-state index in [-0.39, 0.29) is 5.69 Å². The maximum absolute atomic E-state index is 13.2. The maximum Gasteiger partial charge on any atom is 0.417 e. The van der Waals surface area contributed by atoms with E-state index >= 15 is 0 Å². The number of amides is 2. The number of hydrogen-bond donors (Lipinski definition) is 2. The highest BCUT2D eigenvalue weighted by Gasteiger charge is 2.33. The fourth-order valence-electron chi connectivity index (χ4n) is 5.11. The highest BCUT2D eigenvalue weighted by molar-refractivity contribution is 6.31. The molecule has 0 aliphatic carbocycles. The van der Waals surface area contributed by atoms with E-state index in [0.717, 1.165) is 51.4 Å². The van der Waals surface area contributed by atoms with E-state index in [4.69, 9.17) is 35.3 Å². The number of ether oxygens (including phenoxy) is 5. The molecule has 2 aliphatic heterocycles. The summed E-state index contributed by atoms with van der Waals surface area (Å²) in [6.07, 6.45) is -2.19. The summed E-state index contributed by atoms with van der Waals surface area (Å²) in [7, 11) is 0. The van der Waals surface area contributed by atoms with E-state index < -0.39 is 22.8 Å². The number of aromatic nitrogens is 1. The third-order valence-electron chi connectivity index (χ3n) is 7.29. The normalized spacial score (nSPS) is 15.0. The monoisotopic (exact) mass is 658 g/mol. The number of halogens is 4. The molecule has 6 rings (SSSR count). The molecule has 2 amide bonds. The van der Waals surface area contributed by atoms with E-state index in [1.165, 1.54) is 6.07 Å². The van der Waals surface area contributed by atoms with Crippen LogP contribution in [-0.2, 0) is 10.9 Å². The number of pyridine rings is 1. The highest BCUT2D eigenvalue weighted by Crippen LogP contribution is 2.48. The summed E-state index contributed by atoms with van der Waals surface area (Å²) in [4.78, 5) is 19.3. The Morgan fingerprint density at radius 1 is 0.913 bits per heavy atom. The van der Waals surface area contributed by atoms with Gasteiger partial charge < -0.3 is 34.3 Å². The number of hydrogen-bond acceptors (Lipinski definition) is 8. The van der Waals surface area contributed by atoms with Gasteiger partial charge in [0.05, 0.1) is 41.3 Å². The molecule has 1 fully saturated rings. The summed E-state index contributed by atoms with van der Waals surface area (Å²) in [6, 6.07) is 12.4. The Bertz CT molecular complexity index is 1700. The van der Waals surface area contributed by atoms with Crippen LogP contribution in [0.25, 0.3) is 10.9 Å². The molecule has 0 bridgehead atoms. The second-order valence-corrected chi connectivity index (χ2v) is 10.9. The zero-order valence-corrected chi connectivity index (χ0v) is 25.2. The minimum atomic E-state index is -4.65. The molecule has 0 saturated carbocycles. The predicted molar refractivity (Wildman–Crippen MR) is 166 cm³/mol. The van der Waals surface area contributed by atoms with Gasteiger partial charge in [0.2, 0.25) is 5.75 Å². The van der Waals surface area contributed by atoms with Crippen LogP contribution in [0.15, 0.2) is 60.8 Å². The van der Waals surface area contributed by atoms with Crippen LogP contribution < -0.4 is 29.6 Å². The molecule has 0 atom stereocenters. The first-order valence-electron chi connectivity index (χ1n) is 14.6. The zero-order valence-electron chi connectivity index (χ0n) is 24.5. The highest BCUT2D eigenvalue weighted by atomic mass is 35.5. The topological polar surface area (TPSA) is 103 Å². The van der Waals surface area contributed by atoms with Crippen LogP contribution in [0.5, 0.6) is 28.7 Å². The molecule has 1 aromatic heterocycles. The molecule has 10 nitrogen and oxygen atoms in total. The average molecular weight is 659 g/mol. The van der Waals surface area contributed by atoms with Crippen LogP contribution in [0.2, 0.25) is 5.02 Å². The number of nitrogens with zero attached hydrogens (tertiary/aromatic N) is 2. The van der Waals surface area contributed by atoms with Crippen LogP contribution in [0, 0.1) is 0 Å². The van der Waals surface area contributed by atoms with E-state index in [1.807, 2.05) is 6.07 Å². The molecule has 3 heterocycles. The van der Waals surface area contributed by atoms with Crippen molar-refractivity contribution in [1.82, 2.24) is 9.88 Å². The summed E-state index contributed by atoms with van der Waals surface area (Å²) < 4.78 is 69.2. The predicted octanol–water partition coefficient (Wildman–Crippen LogP) is 7.22. The fourth-order valence-corrected chi connectivity index (χ4v) is 5.33. The zero-order chi connectivity index (χ0) is 32.1. The van der Waals surface area contributed by atoms with Crippen molar-refractivity contribution in [2.45, 2.75) is 12.6 Å². The molecule has 14 heteroatoms. The first-order chi connectivity index (χ1) is 22.2. The standard InChI is InChI=1S/C32H30ClF3N4O6/c33-24-7-4-21(18-23(24)32(34,35)36)39-31(41)38-20-2-5-22(6-3-20)46-26-8-9-37-25-19-27(29-30(28(25)26)45-17-16-44-29)43-13-1-10-40-11-14-42-15-12-40/h2-9,18-19H,1,10-17H2,(H2,38,39,41). The molecule has 3 aromatic carbocycles. The molecule has 242 valence electrons. The van der Waals surface area contributed by atoms with Crippen molar-refractivity contribution in [2.75, 3.05) is 63.3 Å². The third-order valence-corrected chi connectivity index (χ3v) is 7.62. The van der Waals surface area contributed by atoms with Crippen molar-refractivity contribution in [2.24, 2.45) is 0 Å². The second-order valence-electron chi connectivity index (χ2n) is 10.5. The number of fused-ring (bicyclic) bond motifs is 3. The third kappa shape index (κ3) is 7.49. The quantitative estimate of drug-likeness (QED) is 0.182. The van der Waals surface area contributed by atoms with Crippen LogP contribution >= 0.6 is 11.6 Å². The lowest BCUT2D eigenvalue weighted by Crippen LogP contribution is -2.37. The summed E-state index contributed by atoms with van der Waals surface area (Å²) in [5, 5.41) is 5.13. The van der Waals surface area contributed by atoms with Crippen LogP contribution in [-0.4, -0.2) is 68.6 Å². The van der Waals surface area contributed by atoms with Crippen LogP contribution in [0.3, 0.4) is 0 Å². The van der Waals surface area contributed by atoms with Crippen molar-refractivity contribution < 1.29 is 41.7 Å². The van der Waals surface area contributed by atoms with Gasteiger partial charge in [0, 0.05) is 43.3 Å². The smallest absolute Gasteiger partial charge is 0.417 e. The van der Waals surface area contributed by atoms with E-state index in [2.05, 4.69) is 20.5 Å². The first kappa shape index (κ1) is 31.5. The molecule has 4 aromatic rings. The van der Waals surface area contributed by atoms with Crippen LogP contribution in [0.4, 0.5) is 29.3 Å². The summed E-state index contributed by atoms with van der Waals surface area (Å²) in [6.45, 7) is 5.49. The Kier molecular flexibility index (Phi) is 9.52. The Morgan fingerprint density at radius 2 is 1.63 bits per heavy atom. The van der Waals surface area contributed by atoms with Gasteiger partial charge >= 0.3 is 12.2 Å². The van der Waals surface area contributed by atoms with Gasteiger partial charge in [-0.2, -0.15) is 13.2 Å².